The molecule has 2 N–H and O–H groups in total. The molecule has 290 valence electrons. The van der Waals surface area contributed by atoms with E-state index in [0.29, 0.717) is 37.2 Å². The third kappa shape index (κ3) is 10.3. The number of benzene rings is 6. The van der Waals surface area contributed by atoms with E-state index in [1.807, 2.05) is 133 Å². The van der Waals surface area contributed by atoms with Gasteiger partial charge in [-0.25, -0.2) is 9.59 Å². The first-order chi connectivity index (χ1) is 27.0. The highest BCUT2D eigenvalue weighted by Gasteiger charge is 2.36. The summed E-state index contributed by atoms with van der Waals surface area (Å²) in [5.41, 5.74) is 1.90. The molecule has 0 saturated carbocycles. The minimum absolute atomic E-state index is 0.376. The molecule has 0 heterocycles. The molecule has 0 saturated heterocycles. The molecule has 0 fully saturated rings. The molecule has 56 heavy (non-hydrogen) atoms. The van der Waals surface area contributed by atoms with Crippen LogP contribution in [0.2, 0.25) is 0 Å². The molecule has 6 aromatic carbocycles. The van der Waals surface area contributed by atoms with Gasteiger partial charge in [0.1, 0.15) is 23.0 Å². The number of aryl methyl sites for hydroxylation is 2. The van der Waals surface area contributed by atoms with Crippen LogP contribution in [0.15, 0.2) is 133 Å². The van der Waals surface area contributed by atoms with Crippen LogP contribution in [0.25, 0.3) is 21.5 Å². The predicted molar refractivity (Wildman–Crippen MR) is 217 cm³/mol. The number of hydrogen-bond acceptors (Lipinski definition) is 10. The van der Waals surface area contributed by atoms with Gasteiger partial charge in [0.25, 0.3) is 0 Å². The molecule has 4 atom stereocenters. The molecular formula is C46H48N2O8. The van der Waals surface area contributed by atoms with Crippen molar-refractivity contribution in [3.63, 3.8) is 0 Å². The summed E-state index contributed by atoms with van der Waals surface area (Å²) in [6.07, 6.45) is -4.00. The molecule has 0 amide bonds. The summed E-state index contributed by atoms with van der Waals surface area (Å²) in [6.45, 7) is 0. The standard InChI is InChI=1S/C46H48N2O8/c1-47(2)41(27-25-31-13-9-19-35(29-31)53-39-23-11-17-33-15-5-7-21-37(33)39)55-45(51)43(49)44(50)46(52)56-42(48(3)4)28-26-32-14-10-20-36(30-32)54-40-24-12-18-34-16-6-8-22-38(34)40/h5-24,29-30,41-44,49-50H,25-28H2,1-4H3/t41-,42-,43?,44?/m0/s1. The van der Waals surface area contributed by atoms with E-state index in [4.69, 9.17) is 18.9 Å². The van der Waals surface area contributed by atoms with Crippen LogP contribution in [0.1, 0.15) is 24.0 Å². The van der Waals surface area contributed by atoms with Crippen molar-refractivity contribution >= 4 is 33.5 Å². The van der Waals surface area contributed by atoms with Crippen molar-refractivity contribution in [2.24, 2.45) is 0 Å². The number of rotatable bonds is 17. The molecule has 0 aliphatic rings. The maximum Gasteiger partial charge on any atom is 0.339 e. The van der Waals surface area contributed by atoms with Crippen LogP contribution in [-0.4, -0.2) is 84.8 Å². The predicted octanol–water partition coefficient (Wildman–Crippen LogP) is 7.73. The van der Waals surface area contributed by atoms with Gasteiger partial charge in [0.2, 0.25) is 0 Å². The Morgan fingerprint density at radius 2 is 0.893 bits per heavy atom. The van der Waals surface area contributed by atoms with Crippen molar-refractivity contribution in [3.05, 3.63) is 145 Å². The minimum Gasteiger partial charge on any atom is -0.457 e. The average molecular weight is 757 g/mol. The zero-order valence-corrected chi connectivity index (χ0v) is 32.1. The van der Waals surface area contributed by atoms with E-state index in [1.165, 1.54) is 0 Å². The number of carbonyl (C=O) groups is 2. The third-order valence-corrected chi connectivity index (χ3v) is 9.55. The van der Waals surface area contributed by atoms with E-state index < -0.39 is 36.6 Å². The fraction of sp³-hybridized carbons (Fsp3) is 0.261. The van der Waals surface area contributed by atoms with Crippen LogP contribution in [0, 0.1) is 0 Å². The van der Waals surface area contributed by atoms with Gasteiger partial charge in [-0.1, -0.05) is 97.1 Å². The maximum atomic E-state index is 13.0. The maximum absolute atomic E-state index is 13.0. The summed E-state index contributed by atoms with van der Waals surface area (Å²) in [6, 6.07) is 43.2. The Kier molecular flexibility index (Phi) is 13.3. The van der Waals surface area contributed by atoms with Gasteiger partial charge in [0.15, 0.2) is 24.7 Å². The first kappa shape index (κ1) is 39.9. The largest absolute Gasteiger partial charge is 0.457 e. The van der Waals surface area contributed by atoms with E-state index >= 15 is 0 Å². The lowest BCUT2D eigenvalue weighted by Crippen LogP contribution is -2.46. The van der Waals surface area contributed by atoms with E-state index in [9.17, 15) is 19.8 Å². The van der Waals surface area contributed by atoms with Crippen molar-refractivity contribution in [1.29, 1.82) is 0 Å². The van der Waals surface area contributed by atoms with Crippen LogP contribution in [0.4, 0.5) is 0 Å². The fourth-order valence-electron chi connectivity index (χ4n) is 6.44. The highest BCUT2D eigenvalue weighted by Crippen LogP contribution is 2.32. The Balaban J connectivity index is 1.01. The van der Waals surface area contributed by atoms with Gasteiger partial charge in [-0.05, 0) is 99.3 Å². The summed E-state index contributed by atoms with van der Waals surface area (Å²) in [5.74, 6) is 0.569. The summed E-state index contributed by atoms with van der Waals surface area (Å²) in [5, 5.41) is 25.6. The van der Waals surface area contributed by atoms with Crippen molar-refractivity contribution in [2.45, 2.75) is 50.3 Å². The first-order valence-electron chi connectivity index (χ1n) is 18.6. The zero-order valence-electron chi connectivity index (χ0n) is 32.1. The van der Waals surface area contributed by atoms with Crippen molar-refractivity contribution in [2.75, 3.05) is 28.2 Å². The quantitative estimate of drug-likeness (QED) is 0.0708. The van der Waals surface area contributed by atoms with Gasteiger partial charge < -0.3 is 29.2 Å². The second-order valence-corrected chi connectivity index (χ2v) is 14.1. The summed E-state index contributed by atoms with van der Waals surface area (Å²) >= 11 is 0. The Morgan fingerprint density at radius 3 is 1.30 bits per heavy atom. The highest BCUT2D eigenvalue weighted by molar-refractivity contribution is 5.89. The molecule has 0 aromatic heterocycles. The second-order valence-electron chi connectivity index (χ2n) is 14.1. The number of carbonyl (C=O) groups excluding carboxylic acids is 2. The molecule has 10 heteroatoms. The van der Waals surface area contributed by atoms with Crippen LogP contribution >= 0.6 is 0 Å². The lowest BCUT2D eigenvalue weighted by atomic mass is 10.1. The lowest BCUT2D eigenvalue weighted by molar-refractivity contribution is -0.187. The normalized spacial score (nSPS) is 13.6. The number of esters is 2. The van der Waals surface area contributed by atoms with Gasteiger partial charge >= 0.3 is 11.9 Å². The van der Waals surface area contributed by atoms with E-state index in [2.05, 4.69) is 0 Å². The third-order valence-electron chi connectivity index (χ3n) is 9.55. The van der Waals surface area contributed by atoms with Gasteiger partial charge in [-0.2, -0.15) is 0 Å². The number of aliphatic hydroxyl groups excluding tert-OH is 2. The monoisotopic (exact) mass is 756 g/mol. The molecule has 0 aliphatic heterocycles. The minimum atomic E-state index is -2.15. The highest BCUT2D eigenvalue weighted by atomic mass is 16.6. The van der Waals surface area contributed by atoms with Crippen LogP contribution in [0.5, 0.6) is 23.0 Å². The number of fused-ring (bicyclic) bond motifs is 2. The van der Waals surface area contributed by atoms with Gasteiger partial charge in [0.05, 0.1) is 0 Å². The topological polar surface area (TPSA) is 118 Å². The summed E-state index contributed by atoms with van der Waals surface area (Å²) in [4.78, 5) is 29.5. The zero-order chi connectivity index (χ0) is 39.6. The SMILES string of the molecule is CN(C)[C@H](CCc1cccc(Oc2cccc3ccccc23)c1)OC(=O)C(O)C(O)C(=O)O[C@@H](CCc1cccc(Oc2cccc3ccccc23)c1)N(C)C. The number of nitrogens with zero attached hydrogens (tertiary/aromatic N) is 2. The molecule has 2 unspecified atom stereocenters. The number of hydrogen-bond donors (Lipinski definition) is 2. The molecule has 6 aromatic rings. The first-order valence-corrected chi connectivity index (χ1v) is 18.6. The van der Waals surface area contributed by atoms with E-state index in [0.717, 1.165) is 44.2 Å². The Morgan fingerprint density at radius 1 is 0.518 bits per heavy atom. The summed E-state index contributed by atoms with van der Waals surface area (Å²) < 4.78 is 23.7. The van der Waals surface area contributed by atoms with Gasteiger partial charge in [-0.3, -0.25) is 9.80 Å². The Hall–Kier alpha value is -5.78. The van der Waals surface area contributed by atoms with E-state index in [1.54, 1.807) is 38.0 Å². The van der Waals surface area contributed by atoms with Crippen LogP contribution < -0.4 is 9.47 Å². The molecule has 0 aliphatic carbocycles. The lowest BCUT2D eigenvalue weighted by Gasteiger charge is -2.28. The molecular weight excluding hydrogens is 709 g/mol. The number of ether oxygens (including phenoxy) is 4. The summed E-state index contributed by atoms with van der Waals surface area (Å²) in [7, 11) is 6.95. The second kappa shape index (κ2) is 18.7. The Labute approximate surface area is 327 Å². The molecule has 10 nitrogen and oxygen atoms in total. The number of aliphatic hydroxyl groups is 2. The molecule has 0 radical (unpaired) electrons. The Bertz CT molecular complexity index is 2090. The fourth-order valence-corrected chi connectivity index (χ4v) is 6.44. The van der Waals surface area contributed by atoms with Crippen LogP contribution in [-0.2, 0) is 31.9 Å². The smallest absolute Gasteiger partial charge is 0.339 e. The van der Waals surface area contributed by atoms with Gasteiger partial charge in [0, 0.05) is 23.6 Å². The van der Waals surface area contributed by atoms with Gasteiger partial charge in [-0.15, -0.1) is 0 Å². The van der Waals surface area contributed by atoms with Crippen molar-refractivity contribution in [1.82, 2.24) is 9.80 Å². The van der Waals surface area contributed by atoms with Crippen molar-refractivity contribution < 1.29 is 38.7 Å². The molecule has 0 bridgehead atoms. The van der Waals surface area contributed by atoms with Crippen molar-refractivity contribution in [3.8, 4) is 23.0 Å². The van der Waals surface area contributed by atoms with E-state index in [-0.39, 0.29) is 0 Å². The molecule has 6 rings (SSSR count). The average Bonchev–Trinajstić information content (AvgIpc) is 3.20. The molecule has 0 spiro atoms. The van der Waals surface area contributed by atoms with Crippen LogP contribution in [0.3, 0.4) is 0 Å².